The number of halogens is 1. The number of aliphatic hydroxyl groups excluding tert-OH is 1. The first-order chi connectivity index (χ1) is 23.6. The molecule has 49 heavy (non-hydrogen) atoms. The maximum absolute atomic E-state index is 15.8. The molecule has 0 bridgehead atoms. The molecule has 4 aromatic rings. The van der Waals surface area contributed by atoms with Gasteiger partial charge in [0, 0.05) is 68.5 Å². The SMILES string of the molecule is Cc1cc(C(=O)Nc2nc3ccc(N4CCC(N5CC6(CCN(C)CC6)C5)CC4)cc3n2[C@H]2CC[C@@H](O)CC2)c(F)c(-c2cnn(C)c2)n1. The van der Waals surface area contributed by atoms with E-state index >= 15 is 4.39 Å². The summed E-state index contributed by atoms with van der Waals surface area (Å²) in [5.41, 5.74) is 4.50. The van der Waals surface area contributed by atoms with Crippen molar-refractivity contribution in [1.29, 1.82) is 0 Å². The molecule has 3 aliphatic heterocycles. The fourth-order valence-electron chi connectivity index (χ4n) is 8.75. The molecule has 6 heterocycles. The van der Waals surface area contributed by atoms with Gasteiger partial charge in [0.25, 0.3) is 5.91 Å². The monoisotopic (exact) mass is 669 g/mol. The number of hydrogen-bond donors (Lipinski definition) is 2. The lowest BCUT2D eigenvalue weighted by atomic mass is 9.71. The van der Waals surface area contributed by atoms with E-state index in [2.05, 4.69) is 53.8 Å². The molecular formula is C37H48FN9O2. The molecule has 1 amide bonds. The average Bonchev–Trinajstić information content (AvgIpc) is 3.68. The zero-order chi connectivity index (χ0) is 33.9. The van der Waals surface area contributed by atoms with Crippen molar-refractivity contribution in [2.75, 3.05) is 56.5 Å². The van der Waals surface area contributed by atoms with Crippen molar-refractivity contribution in [3.05, 3.63) is 53.7 Å². The topological polar surface area (TPSA) is 108 Å². The number of nitrogens with one attached hydrogen (secondary N) is 1. The number of rotatable bonds is 6. The van der Waals surface area contributed by atoms with E-state index in [1.807, 2.05) is 6.07 Å². The highest BCUT2D eigenvalue weighted by Gasteiger charge is 2.46. The van der Waals surface area contributed by atoms with Gasteiger partial charge in [-0.05, 0) is 108 Å². The molecule has 3 aromatic heterocycles. The minimum atomic E-state index is -0.690. The summed E-state index contributed by atoms with van der Waals surface area (Å²) in [4.78, 5) is 30.7. The number of aryl methyl sites for hydroxylation is 2. The van der Waals surface area contributed by atoms with Crippen molar-refractivity contribution in [1.82, 2.24) is 34.1 Å². The largest absolute Gasteiger partial charge is 0.393 e. The standard InChI is InChI=1S/C37H48FN9O2/c1-24-18-30(33(38)34(40-24)25-20-39-44(3)21-25)35(49)42-36-41-31-9-6-28(19-32(31)47(36)27-4-7-29(48)8-5-27)45-14-10-26(11-15-45)46-22-37(23-46)12-16-43(2)17-13-37/h6,9,18-21,26-27,29,48H,4-5,7-8,10-17,22-23H2,1-3H3,(H,41,42,49)/t27-,29+. The molecule has 11 nitrogen and oxygen atoms in total. The van der Waals surface area contributed by atoms with Crippen LogP contribution in [0.15, 0.2) is 36.7 Å². The van der Waals surface area contributed by atoms with Gasteiger partial charge in [-0.3, -0.25) is 19.7 Å². The lowest BCUT2D eigenvalue weighted by molar-refractivity contribution is -0.0704. The second-order valence-electron chi connectivity index (χ2n) is 15.2. The highest BCUT2D eigenvalue weighted by Crippen LogP contribution is 2.43. The Labute approximate surface area is 287 Å². The van der Waals surface area contributed by atoms with Crippen molar-refractivity contribution in [2.45, 2.75) is 76.5 Å². The number of hydrogen-bond acceptors (Lipinski definition) is 8. The maximum Gasteiger partial charge on any atom is 0.261 e. The fraction of sp³-hybridized carbons (Fsp3) is 0.568. The van der Waals surface area contributed by atoms with Gasteiger partial charge in [-0.15, -0.1) is 0 Å². The van der Waals surface area contributed by atoms with Crippen LogP contribution in [0.2, 0.25) is 0 Å². The molecule has 0 atom stereocenters. The first kappa shape index (κ1) is 32.3. The summed E-state index contributed by atoms with van der Waals surface area (Å²) in [6.07, 6.45) is 10.8. The summed E-state index contributed by atoms with van der Waals surface area (Å²) in [7, 11) is 4.00. The Balaban J connectivity index is 1.03. The van der Waals surface area contributed by atoms with E-state index in [0.29, 0.717) is 41.5 Å². The number of fused-ring (bicyclic) bond motifs is 1. The Hall–Kier alpha value is -3.87. The van der Waals surface area contributed by atoms with Crippen LogP contribution >= 0.6 is 0 Å². The van der Waals surface area contributed by atoms with Gasteiger partial charge in [0.1, 0.15) is 5.69 Å². The van der Waals surface area contributed by atoms with Crippen LogP contribution in [0.25, 0.3) is 22.3 Å². The van der Waals surface area contributed by atoms with Crippen molar-refractivity contribution < 1.29 is 14.3 Å². The van der Waals surface area contributed by atoms with Crippen LogP contribution in [0.4, 0.5) is 16.0 Å². The number of aliphatic hydroxyl groups is 1. The lowest BCUT2D eigenvalue weighted by Gasteiger charge is -2.57. The maximum atomic E-state index is 15.8. The summed E-state index contributed by atoms with van der Waals surface area (Å²) in [5.74, 6) is -0.865. The summed E-state index contributed by atoms with van der Waals surface area (Å²) in [6.45, 7) is 8.74. The quantitative estimate of drug-likeness (QED) is 0.296. The highest BCUT2D eigenvalue weighted by molar-refractivity contribution is 6.05. The number of nitrogens with zero attached hydrogens (tertiary/aromatic N) is 8. The summed E-state index contributed by atoms with van der Waals surface area (Å²) >= 11 is 0. The van der Waals surface area contributed by atoms with Crippen LogP contribution in [0.5, 0.6) is 0 Å². The Morgan fingerprint density at radius 2 is 1.69 bits per heavy atom. The van der Waals surface area contributed by atoms with Gasteiger partial charge in [0.2, 0.25) is 5.95 Å². The number of aromatic nitrogens is 5. The molecule has 1 spiro atoms. The molecule has 1 aliphatic carbocycles. The van der Waals surface area contributed by atoms with Gasteiger partial charge < -0.3 is 19.5 Å². The minimum absolute atomic E-state index is 0.0537. The van der Waals surface area contributed by atoms with Crippen molar-refractivity contribution in [3.8, 4) is 11.3 Å². The van der Waals surface area contributed by atoms with Crippen LogP contribution in [-0.2, 0) is 7.05 Å². The van der Waals surface area contributed by atoms with Gasteiger partial charge in [0.05, 0.1) is 28.9 Å². The van der Waals surface area contributed by atoms with Crippen LogP contribution in [0.1, 0.15) is 73.5 Å². The van der Waals surface area contributed by atoms with Crippen molar-refractivity contribution >= 4 is 28.6 Å². The van der Waals surface area contributed by atoms with E-state index < -0.39 is 11.7 Å². The molecule has 260 valence electrons. The predicted molar refractivity (Wildman–Crippen MR) is 188 cm³/mol. The number of anilines is 2. The zero-order valence-electron chi connectivity index (χ0n) is 28.9. The zero-order valence-corrected chi connectivity index (χ0v) is 28.9. The van der Waals surface area contributed by atoms with E-state index in [0.717, 1.165) is 55.5 Å². The first-order valence-corrected chi connectivity index (χ1v) is 18.0. The third-order valence-electron chi connectivity index (χ3n) is 11.7. The second-order valence-corrected chi connectivity index (χ2v) is 15.2. The van der Waals surface area contributed by atoms with Gasteiger partial charge in [-0.1, -0.05) is 0 Å². The van der Waals surface area contributed by atoms with Crippen LogP contribution in [-0.4, -0.2) is 104 Å². The van der Waals surface area contributed by atoms with E-state index in [1.165, 1.54) is 45.1 Å². The van der Waals surface area contributed by atoms with Crippen LogP contribution in [0, 0.1) is 18.2 Å². The van der Waals surface area contributed by atoms with E-state index in [-0.39, 0.29) is 23.4 Å². The number of carbonyl (C=O) groups excluding carboxylic acids is 1. The molecule has 8 rings (SSSR count). The van der Waals surface area contributed by atoms with Gasteiger partial charge >= 0.3 is 0 Å². The second kappa shape index (κ2) is 12.8. The predicted octanol–water partition coefficient (Wildman–Crippen LogP) is 5.00. The smallest absolute Gasteiger partial charge is 0.261 e. The average molecular weight is 670 g/mol. The van der Waals surface area contributed by atoms with E-state index in [4.69, 9.17) is 4.98 Å². The molecule has 1 aromatic carbocycles. The van der Waals surface area contributed by atoms with E-state index in [1.54, 1.807) is 31.0 Å². The van der Waals surface area contributed by atoms with E-state index in [9.17, 15) is 9.90 Å². The number of benzene rings is 1. The number of likely N-dealkylation sites (tertiary alicyclic amines) is 2. The Morgan fingerprint density at radius 1 is 0.959 bits per heavy atom. The van der Waals surface area contributed by atoms with Gasteiger partial charge in [0.15, 0.2) is 5.82 Å². The molecule has 1 saturated carbocycles. The number of amides is 1. The molecule has 3 saturated heterocycles. The molecule has 4 aliphatic rings. The lowest BCUT2D eigenvalue weighted by Crippen LogP contribution is -2.63. The number of imidazole rings is 1. The van der Waals surface area contributed by atoms with Crippen molar-refractivity contribution in [2.24, 2.45) is 12.5 Å². The summed E-state index contributed by atoms with van der Waals surface area (Å²) in [5, 5.41) is 17.4. The molecule has 12 heteroatoms. The number of pyridine rings is 1. The fourth-order valence-corrected chi connectivity index (χ4v) is 8.75. The molecular weight excluding hydrogens is 621 g/mol. The Morgan fingerprint density at radius 3 is 2.39 bits per heavy atom. The molecule has 0 unspecified atom stereocenters. The Kier molecular flexibility index (Phi) is 8.44. The first-order valence-electron chi connectivity index (χ1n) is 18.0. The third kappa shape index (κ3) is 6.23. The normalized spacial score (nSPS) is 23.7. The number of piperidine rings is 2. The van der Waals surface area contributed by atoms with Gasteiger partial charge in [-0.2, -0.15) is 5.10 Å². The van der Waals surface area contributed by atoms with Crippen molar-refractivity contribution in [3.63, 3.8) is 0 Å². The molecule has 2 N–H and O–H groups in total. The third-order valence-corrected chi connectivity index (χ3v) is 11.7. The minimum Gasteiger partial charge on any atom is -0.393 e. The molecule has 0 radical (unpaired) electrons. The Bertz CT molecular complexity index is 1840. The molecule has 4 fully saturated rings. The number of carbonyl (C=O) groups is 1. The highest BCUT2D eigenvalue weighted by atomic mass is 19.1. The van der Waals surface area contributed by atoms with Gasteiger partial charge in [-0.25, -0.2) is 14.4 Å². The van der Waals surface area contributed by atoms with Crippen LogP contribution < -0.4 is 10.2 Å². The van der Waals surface area contributed by atoms with Crippen LogP contribution in [0.3, 0.4) is 0 Å². The summed E-state index contributed by atoms with van der Waals surface area (Å²) < 4.78 is 19.5. The summed E-state index contributed by atoms with van der Waals surface area (Å²) in [6, 6.07) is 8.57.